The molecule has 0 atom stereocenters. The van der Waals surface area contributed by atoms with Gasteiger partial charge in [-0.1, -0.05) is 12.1 Å². The molecule has 1 aromatic carbocycles. The van der Waals surface area contributed by atoms with Gasteiger partial charge in [0, 0.05) is 25.6 Å². The third-order valence-corrected chi connectivity index (χ3v) is 4.61. The third-order valence-electron chi connectivity index (χ3n) is 3.68. The fraction of sp³-hybridized carbons (Fsp3) is 0.500. The normalized spacial score (nSPS) is 14.3. The number of hydrogen-bond acceptors (Lipinski definition) is 4. The van der Waals surface area contributed by atoms with Crippen LogP contribution in [-0.4, -0.2) is 39.9 Å². The summed E-state index contributed by atoms with van der Waals surface area (Å²) in [7, 11) is -3.68. The molecule has 26 heavy (non-hydrogen) atoms. The van der Waals surface area contributed by atoms with Gasteiger partial charge in [0.2, 0.25) is 15.9 Å². The van der Waals surface area contributed by atoms with Crippen molar-refractivity contribution in [2.45, 2.75) is 31.2 Å². The fourth-order valence-electron chi connectivity index (χ4n) is 2.15. The van der Waals surface area contributed by atoms with E-state index in [2.05, 4.69) is 20.9 Å². The summed E-state index contributed by atoms with van der Waals surface area (Å²) in [4.78, 5) is 16.1. The molecule has 1 aliphatic carbocycles. The molecule has 1 aromatic rings. The average Bonchev–Trinajstić information content (AvgIpc) is 3.40. The lowest BCUT2D eigenvalue weighted by atomic mass is 10.2. The van der Waals surface area contributed by atoms with Crippen LogP contribution in [0.3, 0.4) is 0 Å². The predicted octanol–water partition coefficient (Wildman–Crippen LogP) is 0.533. The summed E-state index contributed by atoms with van der Waals surface area (Å²) >= 11 is 0. The third kappa shape index (κ3) is 7.87. The zero-order valence-corrected chi connectivity index (χ0v) is 17.8. The molecule has 2 rings (SSSR count). The highest BCUT2D eigenvalue weighted by Crippen LogP contribution is 2.28. The van der Waals surface area contributed by atoms with Gasteiger partial charge in [0.1, 0.15) is 0 Å². The molecular weight excluding hydrogens is 469 g/mol. The number of sulfonamides is 1. The number of hydrogen-bond donors (Lipinski definition) is 4. The first-order valence-electron chi connectivity index (χ1n) is 8.31. The molecule has 0 unspecified atom stereocenters. The standard InChI is InChI=1S/C16H25N5O3S.HI/c1-2-18-16(20-10-9-19-15(22)13-5-6-13)21-11-12-3-7-14(8-4-12)25(17,23)24;/h3-4,7-8,13H,2,5-6,9-11H2,1H3,(H,19,22)(H2,17,23,24)(H2,18,20,21);1H. The fourth-order valence-corrected chi connectivity index (χ4v) is 2.67. The molecule has 0 radical (unpaired) electrons. The zero-order chi connectivity index (χ0) is 18.3. The van der Waals surface area contributed by atoms with Gasteiger partial charge in [0.15, 0.2) is 5.96 Å². The van der Waals surface area contributed by atoms with Crippen molar-refractivity contribution in [3.63, 3.8) is 0 Å². The van der Waals surface area contributed by atoms with Crippen molar-refractivity contribution in [1.29, 1.82) is 0 Å². The molecule has 1 saturated carbocycles. The first kappa shape index (κ1) is 22.6. The molecule has 146 valence electrons. The zero-order valence-electron chi connectivity index (χ0n) is 14.7. The van der Waals surface area contributed by atoms with Gasteiger partial charge in [0.25, 0.3) is 0 Å². The van der Waals surface area contributed by atoms with Crippen molar-refractivity contribution in [2.75, 3.05) is 19.6 Å². The molecule has 1 aliphatic rings. The Kier molecular flexibility index (Phi) is 9.30. The molecule has 8 nitrogen and oxygen atoms in total. The summed E-state index contributed by atoms with van der Waals surface area (Å²) in [5.41, 5.74) is 0.867. The highest BCUT2D eigenvalue weighted by Gasteiger charge is 2.28. The quantitative estimate of drug-likeness (QED) is 0.181. The minimum atomic E-state index is -3.68. The number of benzene rings is 1. The number of amides is 1. The molecule has 1 amide bonds. The van der Waals surface area contributed by atoms with E-state index in [9.17, 15) is 13.2 Å². The predicted molar refractivity (Wildman–Crippen MR) is 112 cm³/mol. The van der Waals surface area contributed by atoms with Crippen LogP contribution in [0.2, 0.25) is 0 Å². The summed E-state index contributed by atoms with van der Waals surface area (Å²) in [6.45, 7) is 4.20. The van der Waals surface area contributed by atoms with Gasteiger partial charge in [-0.15, -0.1) is 24.0 Å². The summed E-state index contributed by atoms with van der Waals surface area (Å²) in [5.74, 6) is 0.972. The number of nitrogens with one attached hydrogen (secondary N) is 3. The van der Waals surface area contributed by atoms with E-state index in [0.717, 1.165) is 18.4 Å². The van der Waals surface area contributed by atoms with Crippen LogP contribution in [0, 0.1) is 5.92 Å². The van der Waals surface area contributed by atoms with E-state index in [0.29, 0.717) is 32.1 Å². The van der Waals surface area contributed by atoms with Crippen molar-refractivity contribution >= 4 is 45.9 Å². The lowest BCUT2D eigenvalue weighted by Crippen LogP contribution is -2.41. The maximum Gasteiger partial charge on any atom is 0.238 e. The molecule has 0 aliphatic heterocycles. The van der Waals surface area contributed by atoms with Gasteiger partial charge in [-0.05, 0) is 37.5 Å². The van der Waals surface area contributed by atoms with Crippen LogP contribution in [0.25, 0.3) is 0 Å². The molecular formula is C16H26IN5O3S. The molecule has 1 fully saturated rings. The van der Waals surface area contributed by atoms with E-state index in [1.54, 1.807) is 12.1 Å². The number of primary sulfonamides is 1. The Morgan fingerprint density at radius 2 is 1.77 bits per heavy atom. The molecule has 10 heteroatoms. The van der Waals surface area contributed by atoms with Crippen molar-refractivity contribution in [2.24, 2.45) is 16.0 Å². The van der Waals surface area contributed by atoms with E-state index in [1.165, 1.54) is 12.1 Å². The monoisotopic (exact) mass is 495 g/mol. The van der Waals surface area contributed by atoms with Crippen LogP contribution in [0.5, 0.6) is 0 Å². The van der Waals surface area contributed by atoms with Crippen molar-refractivity contribution in [1.82, 2.24) is 16.0 Å². The SMILES string of the molecule is CCNC(=NCc1ccc(S(N)(=O)=O)cc1)NCCNC(=O)C1CC1.I. The van der Waals surface area contributed by atoms with Crippen LogP contribution in [0.1, 0.15) is 25.3 Å². The number of nitrogens with zero attached hydrogens (tertiary/aromatic N) is 1. The van der Waals surface area contributed by atoms with Gasteiger partial charge in [-0.3, -0.25) is 4.79 Å². The number of carbonyl (C=O) groups excluding carboxylic acids is 1. The summed E-state index contributed by atoms with van der Waals surface area (Å²) in [5, 5.41) is 14.2. The Hall–Kier alpha value is -1.40. The van der Waals surface area contributed by atoms with Crippen LogP contribution < -0.4 is 21.1 Å². The lowest BCUT2D eigenvalue weighted by Gasteiger charge is -2.12. The number of guanidine groups is 1. The van der Waals surface area contributed by atoms with Gasteiger partial charge in [-0.2, -0.15) is 0 Å². The van der Waals surface area contributed by atoms with E-state index >= 15 is 0 Å². The van der Waals surface area contributed by atoms with Crippen LogP contribution in [-0.2, 0) is 21.4 Å². The second-order valence-corrected chi connectivity index (χ2v) is 7.44. The Morgan fingerprint density at radius 3 is 2.31 bits per heavy atom. The number of nitrogens with two attached hydrogens (primary N) is 1. The molecule has 0 saturated heterocycles. The van der Waals surface area contributed by atoms with Crippen molar-refractivity contribution < 1.29 is 13.2 Å². The van der Waals surface area contributed by atoms with E-state index < -0.39 is 10.0 Å². The molecule has 0 heterocycles. The maximum absolute atomic E-state index is 11.5. The average molecular weight is 495 g/mol. The maximum atomic E-state index is 11.5. The Balaban J connectivity index is 0.00000338. The van der Waals surface area contributed by atoms with Crippen molar-refractivity contribution in [3.8, 4) is 0 Å². The molecule has 0 aromatic heterocycles. The Morgan fingerprint density at radius 1 is 1.15 bits per heavy atom. The topological polar surface area (TPSA) is 126 Å². The van der Waals surface area contributed by atoms with Gasteiger partial charge in [-0.25, -0.2) is 18.5 Å². The van der Waals surface area contributed by atoms with Crippen LogP contribution >= 0.6 is 24.0 Å². The van der Waals surface area contributed by atoms with Crippen LogP contribution in [0.4, 0.5) is 0 Å². The Bertz CT molecular complexity index is 718. The Labute approximate surface area is 171 Å². The summed E-state index contributed by atoms with van der Waals surface area (Å²) in [6, 6.07) is 6.30. The first-order chi connectivity index (χ1) is 11.9. The number of carbonyl (C=O) groups is 1. The van der Waals surface area contributed by atoms with E-state index in [1.807, 2.05) is 6.92 Å². The minimum absolute atomic E-state index is 0. The number of halogens is 1. The summed E-state index contributed by atoms with van der Waals surface area (Å²) < 4.78 is 22.5. The largest absolute Gasteiger partial charge is 0.357 e. The van der Waals surface area contributed by atoms with Gasteiger partial charge < -0.3 is 16.0 Å². The minimum Gasteiger partial charge on any atom is -0.357 e. The molecule has 5 N–H and O–H groups in total. The van der Waals surface area contributed by atoms with Crippen LogP contribution in [0.15, 0.2) is 34.2 Å². The first-order valence-corrected chi connectivity index (χ1v) is 9.86. The van der Waals surface area contributed by atoms with Crippen molar-refractivity contribution in [3.05, 3.63) is 29.8 Å². The summed E-state index contributed by atoms with van der Waals surface area (Å²) in [6.07, 6.45) is 1.99. The highest BCUT2D eigenvalue weighted by atomic mass is 127. The number of rotatable bonds is 8. The molecule has 0 bridgehead atoms. The lowest BCUT2D eigenvalue weighted by molar-refractivity contribution is -0.122. The smallest absolute Gasteiger partial charge is 0.238 e. The van der Waals surface area contributed by atoms with Gasteiger partial charge in [0.05, 0.1) is 11.4 Å². The second-order valence-electron chi connectivity index (χ2n) is 5.88. The highest BCUT2D eigenvalue weighted by molar-refractivity contribution is 14.0. The van der Waals surface area contributed by atoms with E-state index in [-0.39, 0.29) is 40.7 Å². The van der Waals surface area contributed by atoms with Gasteiger partial charge >= 0.3 is 0 Å². The molecule has 0 spiro atoms. The second kappa shape index (κ2) is 10.7. The van der Waals surface area contributed by atoms with E-state index in [4.69, 9.17) is 5.14 Å². The number of aliphatic imine (C=N–C) groups is 1.